The molecule has 1 aliphatic carbocycles. The number of aryl methyl sites for hydroxylation is 1. The number of fused-ring (bicyclic) bond motifs is 1. The molecule has 98 valence electrons. The zero-order chi connectivity index (χ0) is 13.0. The molecule has 0 aliphatic heterocycles. The van der Waals surface area contributed by atoms with Gasteiger partial charge in [-0.1, -0.05) is 24.3 Å². The van der Waals surface area contributed by atoms with E-state index in [-0.39, 0.29) is 5.78 Å². The van der Waals surface area contributed by atoms with Gasteiger partial charge in [-0.15, -0.1) is 0 Å². The number of hydrogen-bond acceptors (Lipinski definition) is 3. The van der Waals surface area contributed by atoms with Crippen LogP contribution in [-0.4, -0.2) is 24.8 Å². The fourth-order valence-corrected chi connectivity index (χ4v) is 2.57. The number of Topliss-reactive ketones (excluding diaryl/α,β-unsaturated/α-hetero) is 1. The minimum atomic E-state index is -1.07. The van der Waals surface area contributed by atoms with E-state index >= 15 is 0 Å². The van der Waals surface area contributed by atoms with Gasteiger partial charge in [-0.3, -0.25) is 4.79 Å². The Labute approximate surface area is 108 Å². The Hall–Kier alpha value is -1.19. The predicted octanol–water partition coefficient (Wildman–Crippen LogP) is 2.97. The normalized spacial score (nSPS) is 18.2. The maximum Gasteiger partial charge on any atom is 0.233 e. The number of carbonyl (C=O) groups is 1. The van der Waals surface area contributed by atoms with Gasteiger partial charge in [0.2, 0.25) is 11.6 Å². The van der Waals surface area contributed by atoms with Gasteiger partial charge in [0.1, 0.15) is 0 Å². The molecule has 0 heterocycles. The molecule has 0 radical (unpaired) electrons. The molecular formula is C15H20O3. The van der Waals surface area contributed by atoms with Crippen molar-refractivity contribution in [3.05, 3.63) is 35.4 Å². The molecule has 0 saturated carbocycles. The Morgan fingerprint density at radius 2 is 1.83 bits per heavy atom. The van der Waals surface area contributed by atoms with Gasteiger partial charge in [0.25, 0.3) is 0 Å². The van der Waals surface area contributed by atoms with Gasteiger partial charge in [0.15, 0.2) is 0 Å². The van der Waals surface area contributed by atoms with E-state index in [2.05, 4.69) is 0 Å². The topological polar surface area (TPSA) is 35.5 Å². The summed E-state index contributed by atoms with van der Waals surface area (Å²) in [6, 6.07) is 7.75. The number of ether oxygens (including phenoxy) is 2. The van der Waals surface area contributed by atoms with Gasteiger partial charge >= 0.3 is 0 Å². The summed E-state index contributed by atoms with van der Waals surface area (Å²) in [7, 11) is 0. The van der Waals surface area contributed by atoms with E-state index in [0.717, 1.165) is 24.0 Å². The Morgan fingerprint density at radius 1 is 1.17 bits per heavy atom. The Kier molecular flexibility index (Phi) is 4.15. The third-order valence-corrected chi connectivity index (χ3v) is 3.31. The van der Waals surface area contributed by atoms with Crippen molar-refractivity contribution in [2.45, 2.75) is 38.9 Å². The molecule has 18 heavy (non-hydrogen) atoms. The summed E-state index contributed by atoms with van der Waals surface area (Å²) in [6.07, 6.45) is 2.44. The average Bonchev–Trinajstić information content (AvgIpc) is 2.50. The first kappa shape index (κ1) is 13.2. The largest absolute Gasteiger partial charge is 0.344 e. The summed E-state index contributed by atoms with van der Waals surface area (Å²) in [6.45, 7) is 4.75. The third-order valence-electron chi connectivity index (χ3n) is 3.31. The Balaban J connectivity index is 2.41. The molecule has 0 fully saturated rings. The summed E-state index contributed by atoms with van der Waals surface area (Å²) in [5, 5.41) is 0. The van der Waals surface area contributed by atoms with Gasteiger partial charge in [0.05, 0.1) is 0 Å². The molecule has 2 rings (SSSR count). The van der Waals surface area contributed by atoms with Crippen LogP contribution in [0.1, 0.15) is 42.6 Å². The van der Waals surface area contributed by atoms with E-state index in [1.807, 2.05) is 38.1 Å². The first-order valence-electron chi connectivity index (χ1n) is 6.64. The number of hydrogen-bond donors (Lipinski definition) is 0. The second-order valence-corrected chi connectivity index (χ2v) is 4.46. The standard InChI is InChI=1S/C15H20O3/c1-3-17-15(18-4-2)11-7-9-12-8-5-6-10-13(12)14(15)16/h5-6,8,10H,3-4,7,9,11H2,1-2H3. The van der Waals surface area contributed by atoms with E-state index in [4.69, 9.17) is 9.47 Å². The van der Waals surface area contributed by atoms with Crippen LogP contribution in [0.3, 0.4) is 0 Å². The molecule has 0 atom stereocenters. The smallest absolute Gasteiger partial charge is 0.233 e. The van der Waals surface area contributed by atoms with Crippen LogP contribution in [0.25, 0.3) is 0 Å². The fourth-order valence-electron chi connectivity index (χ4n) is 2.57. The van der Waals surface area contributed by atoms with Gasteiger partial charge in [-0.05, 0) is 32.3 Å². The van der Waals surface area contributed by atoms with Gasteiger partial charge in [-0.2, -0.15) is 0 Å². The third kappa shape index (κ3) is 2.33. The quantitative estimate of drug-likeness (QED) is 0.607. The van der Waals surface area contributed by atoms with Crippen LogP contribution < -0.4 is 0 Å². The summed E-state index contributed by atoms with van der Waals surface area (Å²) in [4.78, 5) is 12.7. The van der Waals surface area contributed by atoms with E-state index in [0.29, 0.717) is 19.6 Å². The van der Waals surface area contributed by atoms with E-state index in [1.165, 1.54) is 0 Å². The molecule has 3 heteroatoms. The number of carbonyl (C=O) groups excluding carboxylic acids is 1. The molecule has 0 N–H and O–H groups in total. The number of rotatable bonds is 4. The van der Waals surface area contributed by atoms with Gasteiger partial charge in [0, 0.05) is 25.2 Å². The lowest BCUT2D eigenvalue weighted by atomic mass is 9.99. The molecule has 0 bridgehead atoms. The van der Waals surface area contributed by atoms with Gasteiger partial charge < -0.3 is 9.47 Å². The minimum absolute atomic E-state index is 0.0284. The lowest BCUT2D eigenvalue weighted by Crippen LogP contribution is -2.44. The molecule has 0 aromatic heterocycles. The fraction of sp³-hybridized carbons (Fsp3) is 0.533. The molecule has 0 spiro atoms. The van der Waals surface area contributed by atoms with E-state index < -0.39 is 5.79 Å². The molecule has 1 aromatic carbocycles. The molecule has 1 aromatic rings. The minimum Gasteiger partial charge on any atom is -0.344 e. The predicted molar refractivity (Wildman–Crippen MR) is 69.7 cm³/mol. The van der Waals surface area contributed by atoms with E-state index in [1.54, 1.807) is 0 Å². The summed E-state index contributed by atoms with van der Waals surface area (Å²) >= 11 is 0. The van der Waals surface area contributed by atoms with Crippen molar-refractivity contribution in [3.8, 4) is 0 Å². The second-order valence-electron chi connectivity index (χ2n) is 4.46. The lowest BCUT2D eigenvalue weighted by Gasteiger charge is -2.30. The van der Waals surface area contributed by atoms with E-state index in [9.17, 15) is 4.79 Å². The highest BCUT2D eigenvalue weighted by Crippen LogP contribution is 2.31. The molecule has 0 saturated heterocycles. The van der Waals surface area contributed by atoms with Crippen molar-refractivity contribution in [1.82, 2.24) is 0 Å². The first-order valence-corrected chi connectivity index (χ1v) is 6.64. The highest BCUT2D eigenvalue weighted by atomic mass is 16.7. The van der Waals surface area contributed by atoms with Crippen molar-refractivity contribution in [3.63, 3.8) is 0 Å². The first-order chi connectivity index (χ1) is 8.73. The van der Waals surface area contributed by atoms with Crippen molar-refractivity contribution in [1.29, 1.82) is 0 Å². The number of benzene rings is 1. The van der Waals surface area contributed by atoms with Crippen molar-refractivity contribution in [2.75, 3.05) is 13.2 Å². The molecule has 3 nitrogen and oxygen atoms in total. The van der Waals surface area contributed by atoms with Crippen LogP contribution in [0.4, 0.5) is 0 Å². The Bertz CT molecular complexity index is 420. The monoisotopic (exact) mass is 248 g/mol. The molecule has 0 unspecified atom stereocenters. The van der Waals surface area contributed by atoms with Crippen LogP contribution >= 0.6 is 0 Å². The zero-order valence-electron chi connectivity index (χ0n) is 11.1. The summed E-state index contributed by atoms with van der Waals surface area (Å²) in [5.74, 6) is -1.10. The lowest BCUT2D eigenvalue weighted by molar-refractivity contribution is -0.200. The van der Waals surface area contributed by atoms with Crippen LogP contribution in [0, 0.1) is 0 Å². The SMILES string of the molecule is CCOC1(OCC)CCCc2ccccc2C1=O. The molecular weight excluding hydrogens is 228 g/mol. The molecule has 0 amide bonds. The maximum absolute atomic E-state index is 12.7. The summed E-state index contributed by atoms with van der Waals surface area (Å²) in [5.41, 5.74) is 1.85. The number of ketones is 1. The van der Waals surface area contributed by atoms with Crippen LogP contribution in [0.5, 0.6) is 0 Å². The van der Waals surface area contributed by atoms with Crippen molar-refractivity contribution in [2.24, 2.45) is 0 Å². The average molecular weight is 248 g/mol. The summed E-state index contributed by atoms with van der Waals surface area (Å²) < 4.78 is 11.4. The Morgan fingerprint density at radius 3 is 2.50 bits per heavy atom. The van der Waals surface area contributed by atoms with Crippen molar-refractivity contribution >= 4 is 5.78 Å². The van der Waals surface area contributed by atoms with Crippen LogP contribution in [0.15, 0.2) is 24.3 Å². The van der Waals surface area contributed by atoms with Gasteiger partial charge in [-0.25, -0.2) is 0 Å². The molecule has 1 aliphatic rings. The highest BCUT2D eigenvalue weighted by molar-refractivity contribution is 6.03. The zero-order valence-corrected chi connectivity index (χ0v) is 11.1. The van der Waals surface area contributed by atoms with Crippen LogP contribution in [0.2, 0.25) is 0 Å². The second kappa shape index (κ2) is 5.63. The highest BCUT2D eigenvalue weighted by Gasteiger charge is 2.42. The van der Waals surface area contributed by atoms with Crippen molar-refractivity contribution < 1.29 is 14.3 Å². The van der Waals surface area contributed by atoms with Crippen LogP contribution in [-0.2, 0) is 15.9 Å². The maximum atomic E-state index is 12.7.